The number of hydrogen-bond donors (Lipinski definition) is 1. The van der Waals surface area contributed by atoms with Gasteiger partial charge in [-0.05, 0) is 25.0 Å². The number of hydrogen-bond acceptors (Lipinski definition) is 4. The first kappa shape index (κ1) is 18.5. The van der Waals surface area contributed by atoms with Gasteiger partial charge in [-0.25, -0.2) is 0 Å². The lowest BCUT2D eigenvalue weighted by Crippen LogP contribution is -2.49. The molecule has 1 aliphatic heterocycles. The molecule has 120 valence electrons. The van der Waals surface area contributed by atoms with E-state index in [9.17, 15) is 0 Å². The average Bonchev–Trinajstić information content (AvgIpc) is 2.49. The molecule has 6 heteroatoms. The predicted octanol–water partition coefficient (Wildman–Crippen LogP) is 2.58. The van der Waals surface area contributed by atoms with E-state index in [4.69, 9.17) is 26.8 Å². The fraction of sp³-hybridized carbons (Fsp3) is 0.600. The minimum absolute atomic E-state index is 0. The maximum absolute atomic E-state index is 6.06. The summed E-state index contributed by atoms with van der Waals surface area (Å²) in [6.07, 6.45) is 2.39. The van der Waals surface area contributed by atoms with Gasteiger partial charge in [0.1, 0.15) is 12.4 Å². The van der Waals surface area contributed by atoms with E-state index in [0.717, 1.165) is 31.7 Å². The molecule has 1 fully saturated rings. The fourth-order valence-corrected chi connectivity index (χ4v) is 2.84. The second-order valence-electron chi connectivity index (χ2n) is 5.09. The molecule has 2 atom stereocenters. The third-order valence-electron chi connectivity index (χ3n) is 3.87. The van der Waals surface area contributed by atoms with Gasteiger partial charge in [-0.2, -0.15) is 0 Å². The van der Waals surface area contributed by atoms with Crippen molar-refractivity contribution in [2.24, 2.45) is 5.73 Å². The van der Waals surface area contributed by atoms with Crippen molar-refractivity contribution in [2.45, 2.75) is 25.0 Å². The highest BCUT2D eigenvalue weighted by Gasteiger charge is 2.27. The van der Waals surface area contributed by atoms with Gasteiger partial charge in [0.05, 0.1) is 11.1 Å². The first-order valence-electron chi connectivity index (χ1n) is 7.08. The number of methoxy groups -OCH3 is 1. The van der Waals surface area contributed by atoms with Crippen LogP contribution in [0.25, 0.3) is 0 Å². The summed E-state index contributed by atoms with van der Waals surface area (Å²) in [6, 6.07) is 7.93. The maximum atomic E-state index is 6.06. The Bertz CT molecular complexity index is 420. The van der Waals surface area contributed by atoms with Gasteiger partial charge < -0.3 is 15.2 Å². The van der Waals surface area contributed by atoms with Crippen molar-refractivity contribution in [3.8, 4) is 5.75 Å². The molecule has 0 bridgehead atoms. The summed E-state index contributed by atoms with van der Waals surface area (Å²) in [7, 11) is 1.77. The van der Waals surface area contributed by atoms with Crippen LogP contribution in [0.15, 0.2) is 24.3 Å². The van der Waals surface area contributed by atoms with E-state index in [1.54, 1.807) is 7.11 Å². The third-order valence-corrected chi connectivity index (χ3v) is 4.18. The van der Waals surface area contributed by atoms with E-state index in [1.807, 2.05) is 24.3 Å². The highest BCUT2D eigenvalue weighted by atomic mass is 35.5. The molecule has 0 radical (unpaired) electrons. The van der Waals surface area contributed by atoms with Crippen molar-refractivity contribution in [2.75, 3.05) is 33.4 Å². The number of nitrogens with two attached hydrogens (primary N) is 1. The summed E-state index contributed by atoms with van der Waals surface area (Å²) in [5.41, 5.74) is 5.86. The van der Waals surface area contributed by atoms with Crippen LogP contribution in [0.1, 0.15) is 12.8 Å². The van der Waals surface area contributed by atoms with Gasteiger partial charge in [-0.1, -0.05) is 23.7 Å². The number of nitrogens with zero attached hydrogens (tertiary/aromatic N) is 1. The Balaban J connectivity index is 0.00000220. The minimum Gasteiger partial charge on any atom is -0.491 e. The molecule has 2 unspecified atom stereocenters. The lowest BCUT2D eigenvalue weighted by Gasteiger charge is -2.38. The van der Waals surface area contributed by atoms with Gasteiger partial charge >= 0.3 is 0 Å². The Labute approximate surface area is 137 Å². The van der Waals surface area contributed by atoms with E-state index in [0.29, 0.717) is 30.3 Å². The molecule has 21 heavy (non-hydrogen) atoms. The second-order valence-corrected chi connectivity index (χ2v) is 5.49. The number of likely N-dealkylation sites (tertiary alicyclic amines) is 1. The molecule has 2 N–H and O–H groups in total. The summed E-state index contributed by atoms with van der Waals surface area (Å²) in [5.74, 6) is 0.741. The van der Waals surface area contributed by atoms with Crippen LogP contribution in [0.4, 0.5) is 0 Å². The van der Waals surface area contributed by atoms with Gasteiger partial charge in [-0.15, -0.1) is 12.4 Å². The van der Waals surface area contributed by atoms with Crippen LogP contribution in [-0.2, 0) is 4.74 Å². The van der Waals surface area contributed by atoms with E-state index in [1.165, 1.54) is 0 Å². The van der Waals surface area contributed by atoms with Crippen LogP contribution in [0.5, 0.6) is 5.75 Å². The third kappa shape index (κ3) is 5.31. The summed E-state index contributed by atoms with van der Waals surface area (Å²) >= 11 is 6.06. The molecule has 1 aromatic carbocycles. The van der Waals surface area contributed by atoms with Crippen LogP contribution in [-0.4, -0.2) is 50.4 Å². The fourth-order valence-electron chi connectivity index (χ4n) is 2.65. The summed E-state index contributed by atoms with van der Waals surface area (Å²) in [5, 5.41) is 0.654. The monoisotopic (exact) mass is 334 g/mol. The summed E-state index contributed by atoms with van der Waals surface area (Å²) in [4.78, 5) is 2.38. The van der Waals surface area contributed by atoms with Gasteiger partial charge in [0.25, 0.3) is 0 Å². The van der Waals surface area contributed by atoms with Crippen molar-refractivity contribution in [3.05, 3.63) is 29.3 Å². The largest absolute Gasteiger partial charge is 0.491 e. The molecule has 1 saturated heterocycles. The Morgan fingerprint density at radius 1 is 1.38 bits per heavy atom. The standard InChI is InChI=1S/C15H23ClN2O2.ClH/c1-19-13-6-7-18(12(10-13)11-17)8-9-20-15-5-3-2-4-14(15)16;/h2-5,12-13H,6-11,17H2,1H3;1H. The number of ether oxygens (including phenoxy) is 2. The zero-order valence-electron chi connectivity index (χ0n) is 12.3. The number of benzene rings is 1. The smallest absolute Gasteiger partial charge is 0.137 e. The van der Waals surface area contributed by atoms with Crippen molar-refractivity contribution < 1.29 is 9.47 Å². The molecule has 1 heterocycles. The van der Waals surface area contributed by atoms with Gasteiger partial charge in [0, 0.05) is 32.8 Å². The first-order chi connectivity index (χ1) is 9.74. The zero-order valence-corrected chi connectivity index (χ0v) is 13.9. The Hall–Kier alpha value is -0.520. The van der Waals surface area contributed by atoms with Crippen LogP contribution < -0.4 is 10.5 Å². The normalized spacial score (nSPS) is 22.6. The number of rotatable bonds is 6. The van der Waals surface area contributed by atoms with Crippen LogP contribution in [0.2, 0.25) is 5.02 Å². The van der Waals surface area contributed by atoms with Crippen LogP contribution in [0.3, 0.4) is 0 Å². The predicted molar refractivity (Wildman–Crippen MR) is 88.6 cm³/mol. The highest BCUT2D eigenvalue weighted by molar-refractivity contribution is 6.32. The molecular formula is C15H24Cl2N2O2. The molecule has 4 nitrogen and oxygen atoms in total. The zero-order chi connectivity index (χ0) is 14.4. The quantitative estimate of drug-likeness (QED) is 0.868. The first-order valence-corrected chi connectivity index (χ1v) is 7.46. The van der Waals surface area contributed by atoms with E-state index >= 15 is 0 Å². The number of para-hydroxylation sites is 1. The maximum Gasteiger partial charge on any atom is 0.137 e. The van der Waals surface area contributed by atoms with E-state index < -0.39 is 0 Å². The van der Waals surface area contributed by atoms with Gasteiger partial charge in [0.2, 0.25) is 0 Å². The lowest BCUT2D eigenvalue weighted by molar-refractivity contribution is 0.00923. The molecule has 0 aromatic heterocycles. The Kier molecular flexibility index (Phi) is 8.37. The molecule has 1 aromatic rings. The van der Waals surface area contributed by atoms with Gasteiger partial charge in [0.15, 0.2) is 0 Å². The average molecular weight is 335 g/mol. The minimum atomic E-state index is 0. The highest BCUT2D eigenvalue weighted by Crippen LogP contribution is 2.23. The molecule has 1 aliphatic rings. The van der Waals surface area contributed by atoms with Crippen molar-refractivity contribution in [3.63, 3.8) is 0 Å². The summed E-state index contributed by atoms with van der Waals surface area (Å²) in [6.45, 7) is 3.15. The Morgan fingerprint density at radius 2 is 2.14 bits per heavy atom. The van der Waals surface area contributed by atoms with E-state index in [-0.39, 0.29) is 12.4 Å². The molecule has 0 saturated carbocycles. The van der Waals surface area contributed by atoms with Crippen LogP contribution in [0, 0.1) is 0 Å². The van der Waals surface area contributed by atoms with Crippen LogP contribution >= 0.6 is 24.0 Å². The topological polar surface area (TPSA) is 47.7 Å². The van der Waals surface area contributed by atoms with E-state index in [2.05, 4.69) is 4.90 Å². The molecule has 0 amide bonds. The SMILES string of the molecule is COC1CCN(CCOc2ccccc2Cl)C(CN)C1.Cl. The number of halogens is 2. The van der Waals surface area contributed by atoms with Gasteiger partial charge in [-0.3, -0.25) is 4.90 Å². The second kappa shape index (κ2) is 9.49. The number of piperidine rings is 1. The van der Waals surface area contributed by atoms with Crippen molar-refractivity contribution >= 4 is 24.0 Å². The lowest BCUT2D eigenvalue weighted by atomic mass is 9.99. The Morgan fingerprint density at radius 3 is 2.81 bits per heavy atom. The molecule has 0 spiro atoms. The van der Waals surface area contributed by atoms with Crippen molar-refractivity contribution in [1.82, 2.24) is 4.90 Å². The molecule has 0 aliphatic carbocycles. The molecular weight excluding hydrogens is 311 g/mol. The van der Waals surface area contributed by atoms with Crippen molar-refractivity contribution in [1.29, 1.82) is 0 Å². The molecule has 2 rings (SSSR count). The summed E-state index contributed by atoms with van der Waals surface area (Å²) < 4.78 is 11.2.